The summed E-state index contributed by atoms with van der Waals surface area (Å²) >= 11 is 5.89. The summed E-state index contributed by atoms with van der Waals surface area (Å²) in [6.45, 7) is 1.87. The van der Waals surface area contributed by atoms with Crippen molar-refractivity contribution in [2.24, 2.45) is 0 Å². The second kappa shape index (κ2) is 2.49. The van der Waals surface area contributed by atoms with Crippen molar-refractivity contribution in [3.63, 3.8) is 0 Å². The molecule has 0 spiro atoms. The molecule has 3 heteroatoms. The van der Waals surface area contributed by atoms with E-state index in [0.717, 1.165) is 11.3 Å². The zero-order valence-corrected chi connectivity index (χ0v) is 7.35. The Balaban J connectivity index is 2.60. The van der Waals surface area contributed by atoms with Gasteiger partial charge in [-0.25, -0.2) is 0 Å². The first-order chi connectivity index (χ1) is 5.70. The van der Waals surface area contributed by atoms with E-state index in [1.807, 2.05) is 19.1 Å². The SMILES string of the molecule is CC1C(=O)Nc2c(Cl)cccc21. The first kappa shape index (κ1) is 7.62. The minimum absolute atomic E-state index is 0.0260. The number of benzene rings is 1. The molecule has 1 atom stereocenters. The van der Waals surface area contributed by atoms with E-state index in [0.29, 0.717) is 5.02 Å². The molecule has 12 heavy (non-hydrogen) atoms. The molecule has 0 saturated carbocycles. The van der Waals surface area contributed by atoms with E-state index >= 15 is 0 Å². The van der Waals surface area contributed by atoms with Crippen LogP contribution in [-0.2, 0) is 4.79 Å². The van der Waals surface area contributed by atoms with Crippen LogP contribution in [0.5, 0.6) is 0 Å². The standard InChI is InChI=1S/C9H8ClNO/c1-5-6-3-2-4-7(10)8(6)11-9(5)12/h2-5H,1H3,(H,11,12). The van der Waals surface area contributed by atoms with Gasteiger partial charge >= 0.3 is 0 Å². The molecule has 2 nitrogen and oxygen atoms in total. The molecule has 0 aliphatic carbocycles. The zero-order valence-electron chi connectivity index (χ0n) is 6.60. The smallest absolute Gasteiger partial charge is 0.231 e. The minimum Gasteiger partial charge on any atom is -0.324 e. The Hall–Kier alpha value is -1.02. The van der Waals surface area contributed by atoms with Crippen molar-refractivity contribution < 1.29 is 4.79 Å². The van der Waals surface area contributed by atoms with E-state index in [1.165, 1.54) is 0 Å². The van der Waals surface area contributed by atoms with Gasteiger partial charge in [-0.3, -0.25) is 4.79 Å². The van der Waals surface area contributed by atoms with Gasteiger partial charge in [-0.05, 0) is 18.6 Å². The highest BCUT2D eigenvalue weighted by molar-refractivity contribution is 6.34. The van der Waals surface area contributed by atoms with Crippen LogP contribution in [0.3, 0.4) is 0 Å². The van der Waals surface area contributed by atoms with E-state index in [1.54, 1.807) is 6.07 Å². The van der Waals surface area contributed by atoms with Crippen molar-refractivity contribution >= 4 is 23.2 Å². The number of carbonyl (C=O) groups excluding carboxylic acids is 1. The molecule has 0 aromatic heterocycles. The van der Waals surface area contributed by atoms with Crippen molar-refractivity contribution in [3.05, 3.63) is 28.8 Å². The minimum atomic E-state index is -0.0706. The Morgan fingerprint density at radius 3 is 2.92 bits per heavy atom. The number of amides is 1. The molecule has 1 amide bonds. The number of carbonyl (C=O) groups is 1. The van der Waals surface area contributed by atoms with Crippen molar-refractivity contribution in [2.75, 3.05) is 5.32 Å². The molecular formula is C9H8ClNO. The van der Waals surface area contributed by atoms with Gasteiger partial charge < -0.3 is 5.32 Å². The molecule has 0 saturated heterocycles. The third kappa shape index (κ3) is 0.916. The van der Waals surface area contributed by atoms with Gasteiger partial charge in [-0.15, -0.1) is 0 Å². The highest BCUT2D eigenvalue weighted by Crippen LogP contribution is 2.36. The summed E-state index contributed by atoms with van der Waals surface area (Å²) in [5, 5.41) is 3.36. The Bertz CT molecular complexity index is 348. The third-order valence-electron chi connectivity index (χ3n) is 2.15. The van der Waals surface area contributed by atoms with E-state index in [9.17, 15) is 4.79 Å². The van der Waals surface area contributed by atoms with Crippen LogP contribution in [0.15, 0.2) is 18.2 Å². The quantitative estimate of drug-likeness (QED) is 0.654. The van der Waals surface area contributed by atoms with Gasteiger partial charge in [0, 0.05) is 0 Å². The fourth-order valence-corrected chi connectivity index (χ4v) is 1.64. The number of nitrogens with one attached hydrogen (secondary N) is 1. The topological polar surface area (TPSA) is 29.1 Å². The molecule has 1 N–H and O–H groups in total. The van der Waals surface area contributed by atoms with Crippen molar-refractivity contribution in [1.82, 2.24) is 0 Å². The van der Waals surface area contributed by atoms with Gasteiger partial charge in [-0.2, -0.15) is 0 Å². The van der Waals surface area contributed by atoms with Gasteiger partial charge in [0.05, 0.1) is 16.6 Å². The van der Waals surface area contributed by atoms with Crippen LogP contribution in [0.2, 0.25) is 5.02 Å². The number of hydrogen-bond acceptors (Lipinski definition) is 1. The van der Waals surface area contributed by atoms with E-state index in [2.05, 4.69) is 5.32 Å². The van der Waals surface area contributed by atoms with Crippen LogP contribution in [0.25, 0.3) is 0 Å². The highest BCUT2D eigenvalue weighted by atomic mass is 35.5. The first-order valence-electron chi connectivity index (χ1n) is 3.79. The molecule has 1 aliphatic heterocycles. The van der Waals surface area contributed by atoms with Crippen LogP contribution in [0.4, 0.5) is 5.69 Å². The molecule has 1 aliphatic rings. The molecule has 0 fully saturated rings. The monoisotopic (exact) mass is 181 g/mol. The molecule has 1 heterocycles. The number of para-hydroxylation sites is 1. The summed E-state index contributed by atoms with van der Waals surface area (Å²) in [5.41, 5.74) is 1.77. The molecule has 1 unspecified atom stereocenters. The van der Waals surface area contributed by atoms with E-state index in [4.69, 9.17) is 11.6 Å². The van der Waals surface area contributed by atoms with Gasteiger partial charge in [-0.1, -0.05) is 23.7 Å². The van der Waals surface area contributed by atoms with Crippen LogP contribution in [-0.4, -0.2) is 5.91 Å². The molecule has 62 valence electrons. The largest absolute Gasteiger partial charge is 0.324 e. The van der Waals surface area contributed by atoms with Crippen LogP contribution < -0.4 is 5.32 Å². The van der Waals surface area contributed by atoms with Gasteiger partial charge in [0.2, 0.25) is 5.91 Å². The van der Waals surface area contributed by atoms with Crippen LogP contribution in [0, 0.1) is 0 Å². The average molecular weight is 182 g/mol. The van der Waals surface area contributed by atoms with Crippen molar-refractivity contribution in [2.45, 2.75) is 12.8 Å². The number of hydrogen-bond donors (Lipinski definition) is 1. The van der Waals surface area contributed by atoms with Crippen LogP contribution in [0.1, 0.15) is 18.4 Å². The molecule has 1 aromatic rings. The van der Waals surface area contributed by atoms with Crippen molar-refractivity contribution in [3.8, 4) is 0 Å². The number of halogens is 1. The lowest BCUT2D eigenvalue weighted by Gasteiger charge is -2.00. The maximum atomic E-state index is 11.2. The maximum absolute atomic E-state index is 11.2. The lowest BCUT2D eigenvalue weighted by atomic mass is 10.0. The number of anilines is 1. The highest BCUT2D eigenvalue weighted by Gasteiger charge is 2.27. The lowest BCUT2D eigenvalue weighted by molar-refractivity contribution is -0.116. The third-order valence-corrected chi connectivity index (χ3v) is 2.47. The summed E-state index contributed by atoms with van der Waals surface area (Å²) < 4.78 is 0. The normalized spacial score (nSPS) is 20.5. The first-order valence-corrected chi connectivity index (χ1v) is 4.17. The Morgan fingerprint density at radius 2 is 2.25 bits per heavy atom. The average Bonchev–Trinajstić information content (AvgIpc) is 2.32. The van der Waals surface area contributed by atoms with E-state index < -0.39 is 0 Å². The number of rotatable bonds is 0. The van der Waals surface area contributed by atoms with Gasteiger partial charge in [0.1, 0.15) is 0 Å². The lowest BCUT2D eigenvalue weighted by Crippen LogP contribution is -2.08. The summed E-state index contributed by atoms with van der Waals surface area (Å²) in [6, 6.07) is 5.56. The molecule has 0 bridgehead atoms. The molecule has 0 radical (unpaired) electrons. The predicted octanol–water partition coefficient (Wildman–Crippen LogP) is 2.40. The molecular weight excluding hydrogens is 174 g/mol. The summed E-state index contributed by atoms with van der Waals surface area (Å²) in [6.07, 6.45) is 0. The number of fused-ring (bicyclic) bond motifs is 1. The van der Waals surface area contributed by atoms with Gasteiger partial charge in [0.15, 0.2) is 0 Å². The zero-order chi connectivity index (χ0) is 8.72. The predicted molar refractivity (Wildman–Crippen MR) is 48.5 cm³/mol. The fourth-order valence-electron chi connectivity index (χ4n) is 1.41. The second-order valence-corrected chi connectivity index (χ2v) is 3.32. The fraction of sp³-hybridized carbons (Fsp3) is 0.222. The summed E-state index contributed by atoms with van der Waals surface area (Å²) in [5.74, 6) is -0.0446. The summed E-state index contributed by atoms with van der Waals surface area (Å²) in [4.78, 5) is 11.2. The maximum Gasteiger partial charge on any atom is 0.231 e. The second-order valence-electron chi connectivity index (χ2n) is 2.92. The summed E-state index contributed by atoms with van der Waals surface area (Å²) in [7, 11) is 0. The Kier molecular flexibility index (Phi) is 1.58. The molecule has 1 aromatic carbocycles. The Labute approximate surface area is 75.5 Å². The Morgan fingerprint density at radius 1 is 1.50 bits per heavy atom. The van der Waals surface area contributed by atoms with E-state index in [-0.39, 0.29) is 11.8 Å². The van der Waals surface area contributed by atoms with Crippen molar-refractivity contribution in [1.29, 1.82) is 0 Å². The van der Waals surface area contributed by atoms with Crippen LogP contribution >= 0.6 is 11.6 Å². The molecule has 2 rings (SSSR count). The van der Waals surface area contributed by atoms with Gasteiger partial charge in [0.25, 0.3) is 0 Å².